The maximum absolute atomic E-state index is 13.2. The normalized spacial score (nSPS) is 16.9. The molecule has 1 aliphatic carbocycles. The Morgan fingerprint density at radius 2 is 2.06 bits per heavy atom. The lowest BCUT2D eigenvalue weighted by molar-refractivity contribution is -0.114. The van der Waals surface area contributed by atoms with Gasteiger partial charge in [-0.05, 0) is 51.2 Å². The molecule has 0 saturated heterocycles. The second-order valence-corrected chi connectivity index (χ2v) is 11.0. The Morgan fingerprint density at radius 1 is 1.35 bits per heavy atom. The van der Waals surface area contributed by atoms with Gasteiger partial charge >= 0.3 is 0 Å². The predicted molar refractivity (Wildman–Crippen MR) is 120 cm³/mol. The summed E-state index contributed by atoms with van der Waals surface area (Å²) in [6.45, 7) is 7.19. The van der Waals surface area contributed by atoms with Crippen molar-refractivity contribution in [1.29, 1.82) is 0 Å². The third kappa shape index (κ3) is 4.29. The molecule has 2 N–H and O–H groups in total. The van der Waals surface area contributed by atoms with Crippen LogP contribution in [0.1, 0.15) is 55.2 Å². The second-order valence-electron chi connectivity index (χ2n) is 8.02. The Balaban J connectivity index is 1.79. The summed E-state index contributed by atoms with van der Waals surface area (Å²) in [5.41, 5.74) is 2.24. The topological polar surface area (TPSA) is 121 Å². The molecule has 0 aromatic carbocycles. The van der Waals surface area contributed by atoms with Crippen molar-refractivity contribution in [3.05, 3.63) is 22.9 Å². The SMILES string of the molecule is CCS(=O)(=O)Nc1nc(-c2sc(NC(C)=O)nc2C)cc2c1C(=O)N(C(C)C1CC1)C2. The first-order valence-electron chi connectivity index (χ1n) is 10.2. The molecule has 11 heteroatoms. The summed E-state index contributed by atoms with van der Waals surface area (Å²) in [7, 11) is -3.63. The number of hydrogen-bond donors (Lipinski definition) is 2. The van der Waals surface area contributed by atoms with Gasteiger partial charge in [0.15, 0.2) is 10.9 Å². The number of hydrogen-bond acceptors (Lipinski definition) is 7. The minimum Gasteiger partial charge on any atom is -0.331 e. The molecular formula is C20H25N5O4S2. The maximum Gasteiger partial charge on any atom is 0.258 e. The number of anilines is 2. The molecule has 1 aliphatic heterocycles. The van der Waals surface area contributed by atoms with Gasteiger partial charge in [0.1, 0.15) is 0 Å². The van der Waals surface area contributed by atoms with E-state index in [4.69, 9.17) is 0 Å². The van der Waals surface area contributed by atoms with E-state index >= 15 is 0 Å². The van der Waals surface area contributed by atoms with E-state index < -0.39 is 10.0 Å². The lowest BCUT2D eigenvalue weighted by Crippen LogP contribution is -2.35. The zero-order valence-corrected chi connectivity index (χ0v) is 19.5. The van der Waals surface area contributed by atoms with E-state index in [1.54, 1.807) is 11.8 Å². The van der Waals surface area contributed by atoms with Gasteiger partial charge in [-0.25, -0.2) is 18.4 Å². The number of carbonyl (C=O) groups excluding carboxylic acids is 2. The first-order chi connectivity index (χ1) is 14.6. The van der Waals surface area contributed by atoms with Gasteiger partial charge in [0.25, 0.3) is 5.91 Å². The molecule has 9 nitrogen and oxygen atoms in total. The molecule has 2 amide bonds. The van der Waals surface area contributed by atoms with Crippen LogP contribution >= 0.6 is 11.3 Å². The molecule has 2 aromatic rings. The molecule has 1 unspecified atom stereocenters. The van der Waals surface area contributed by atoms with Crippen LogP contribution in [0.25, 0.3) is 10.6 Å². The quantitative estimate of drug-likeness (QED) is 0.651. The molecular weight excluding hydrogens is 438 g/mol. The highest BCUT2D eigenvalue weighted by Crippen LogP contribution is 2.41. The van der Waals surface area contributed by atoms with Crippen molar-refractivity contribution in [2.24, 2.45) is 5.92 Å². The van der Waals surface area contributed by atoms with Gasteiger partial charge in [-0.1, -0.05) is 11.3 Å². The van der Waals surface area contributed by atoms with Crippen molar-refractivity contribution in [3.8, 4) is 10.6 Å². The number of amides is 2. The maximum atomic E-state index is 13.2. The van der Waals surface area contributed by atoms with Crippen molar-refractivity contribution in [2.45, 2.75) is 53.1 Å². The molecule has 0 bridgehead atoms. The molecule has 166 valence electrons. The fourth-order valence-corrected chi connectivity index (χ4v) is 5.33. The Hall–Kier alpha value is -2.53. The fourth-order valence-electron chi connectivity index (χ4n) is 3.77. The number of nitrogens with zero attached hydrogens (tertiary/aromatic N) is 3. The minimum absolute atomic E-state index is 0.0544. The van der Waals surface area contributed by atoms with Gasteiger partial charge in [0, 0.05) is 19.5 Å². The Bertz CT molecular complexity index is 1170. The zero-order valence-electron chi connectivity index (χ0n) is 17.9. The smallest absolute Gasteiger partial charge is 0.258 e. The van der Waals surface area contributed by atoms with Gasteiger partial charge in [0.2, 0.25) is 15.9 Å². The number of nitrogens with one attached hydrogen (secondary N) is 2. The van der Waals surface area contributed by atoms with Crippen molar-refractivity contribution in [1.82, 2.24) is 14.9 Å². The average Bonchev–Trinajstić information content (AvgIpc) is 3.40. The lowest BCUT2D eigenvalue weighted by Gasteiger charge is -2.24. The lowest BCUT2D eigenvalue weighted by atomic mass is 10.1. The molecule has 2 aliphatic rings. The molecule has 1 atom stereocenters. The predicted octanol–water partition coefficient (Wildman–Crippen LogP) is 2.99. The van der Waals surface area contributed by atoms with E-state index in [0.717, 1.165) is 18.4 Å². The molecule has 1 fully saturated rings. The monoisotopic (exact) mass is 463 g/mol. The number of fused-ring (bicyclic) bond motifs is 1. The molecule has 1 saturated carbocycles. The number of pyridine rings is 1. The van der Waals surface area contributed by atoms with Crippen LogP contribution in [0.15, 0.2) is 6.07 Å². The van der Waals surface area contributed by atoms with E-state index in [9.17, 15) is 18.0 Å². The largest absolute Gasteiger partial charge is 0.331 e. The molecule has 0 spiro atoms. The van der Waals surface area contributed by atoms with Crippen molar-refractivity contribution in [3.63, 3.8) is 0 Å². The number of thiazole rings is 1. The summed E-state index contributed by atoms with van der Waals surface area (Å²) >= 11 is 1.26. The molecule has 2 aromatic heterocycles. The third-order valence-corrected chi connectivity index (χ3v) is 8.02. The van der Waals surface area contributed by atoms with E-state index in [0.29, 0.717) is 39.4 Å². The van der Waals surface area contributed by atoms with E-state index in [2.05, 4.69) is 20.0 Å². The molecule has 31 heavy (non-hydrogen) atoms. The van der Waals surface area contributed by atoms with Crippen LogP contribution in [0.4, 0.5) is 10.9 Å². The number of aromatic nitrogens is 2. The minimum atomic E-state index is -3.63. The summed E-state index contributed by atoms with van der Waals surface area (Å²) < 4.78 is 27.1. The van der Waals surface area contributed by atoms with E-state index in [-0.39, 0.29) is 29.4 Å². The van der Waals surface area contributed by atoms with Gasteiger partial charge in [-0.3, -0.25) is 14.3 Å². The van der Waals surface area contributed by atoms with Crippen LogP contribution in [-0.2, 0) is 21.4 Å². The van der Waals surface area contributed by atoms with Crippen molar-refractivity contribution < 1.29 is 18.0 Å². The molecule has 0 radical (unpaired) electrons. The van der Waals surface area contributed by atoms with Gasteiger partial charge in [-0.2, -0.15) is 0 Å². The molecule has 4 rings (SSSR count). The Kier molecular flexibility index (Phi) is 5.50. The highest BCUT2D eigenvalue weighted by atomic mass is 32.2. The van der Waals surface area contributed by atoms with Crippen LogP contribution in [-0.4, -0.2) is 46.9 Å². The van der Waals surface area contributed by atoms with Crippen molar-refractivity contribution >= 4 is 44.1 Å². The summed E-state index contributed by atoms with van der Waals surface area (Å²) in [4.78, 5) is 36.0. The summed E-state index contributed by atoms with van der Waals surface area (Å²) in [5.74, 6) is -0.00339. The zero-order chi connectivity index (χ0) is 22.5. The first kappa shape index (κ1) is 21.7. The summed E-state index contributed by atoms with van der Waals surface area (Å²) in [6, 6.07) is 1.92. The summed E-state index contributed by atoms with van der Waals surface area (Å²) in [5, 5.41) is 3.11. The van der Waals surface area contributed by atoms with Crippen molar-refractivity contribution in [2.75, 3.05) is 15.8 Å². The van der Waals surface area contributed by atoms with E-state index in [1.807, 2.05) is 13.0 Å². The van der Waals surface area contributed by atoms with Crippen LogP contribution in [0.2, 0.25) is 0 Å². The second kappa shape index (κ2) is 7.86. The number of rotatable bonds is 7. The standard InChI is InChI=1S/C20H25N5O4S2/c1-5-31(28,29)24-18-16-14(9-25(19(16)27)11(3)13-6-7-13)8-15(23-18)17-10(2)21-20(30-17)22-12(4)26/h8,11,13H,5-7,9H2,1-4H3,(H,23,24)(H,21,22,26). The van der Waals surface area contributed by atoms with Gasteiger partial charge < -0.3 is 10.2 Å². The Morgan fingerprint density at radius 3 is 2.68 bits per heavy atom. The fraction of sp³-hybridized carbons (Fsp3) is 0.500. The van der Waals surface area contributed by atoms with E-state index in [1.165, 1.54) is 25.2 Å². The van der Waals surface area contributed by atoms with Gasteiger partial charge in [-0.15, -0.1) is 0 Å². The average molecular weight is 464 g/mol. The van der Waals surface area contributed by atoms with Gasteiger partial charge in [0.05, 0.1) is 27.6 Å². The first-order valence-corrected chi connectivity index (χ1v) is 12.7. The van der Waals surface area contributed by atoms with Crippen LogP contribution in [0.3, 0.4) is 0 Å². The van der Waals surface area contributed by atoms with Crippen LogP contribution < -0.4 is 10.0 Å². The van der Waals surface area contributed by atoms with Crippen LogP contribution in [0.5, 0.6) is 0 Å². The number of aryl methyl sites for hydroxylation is 1. The third-order valence-electron chi connectivity index (χ3n) is 5.66. The number of carbonyl (C=O) groups is 2. The highest BCUT2D eigenvalue weighted by Gasteiger charge is 2.40. The Labute approximate surface area is 185 Å². The van der Waals surface area contributed by atoms with Crippen LogP contribution in [0, 0.1) is 12.8 Å². The highest BCUT2D eigenvalue weighted by molar-refractivity contribution is 7.92. The number of sulfonamides is 1. The summed E-state index contributed by atoms with van der Waals surface area (Å²) in [6.07, 6.45) is 2.21. The molecule has 3 heterocycles.